The van der Waals surface area contributed by atoms with E-state index in [-0.39, 0.29) is 17.9 Å². The van der Waals surface area contributed by atoms with Gasteiger partial charge in [0.05, 0.1) is 17.3 Å². The number of amides is 1. The molecule has 1 unspecified atom stereocenters. The van der Waals surface area contributed by atoms with Crippen molar-refractivity contribution in [3.05, 3.63) is 22.8 Å². The molecule has 0 aliphatic heterocycles. The molecule has 3 aromatic heterocycles. The summed E-state index contributed by atoms with van der Waals surface area (Å²) in [5, 5.41) is 8.44. The van der Waals surface area contributed by atoms with Crippen LogP contribution in [0.4, 0.5) is 11.6 Å². The van der Waals surface area contributed by atoms with E-state index in [1.165, 1.54) is 4.88 Å². The van der Waals surface area contributed by atoms with Crippen LogP contribution in [-0.2, 0) is 18.3 Å². The summed E-state index contributed by atoms with van der Waals surface area (Å²) in [6.45, 7) is 0. The van der Waals surface area contributed by atoms with Crippen molar-refractivity contribution in [2.24, 2.45) is 12.9 Å². The molecule has 1 atom stereocenters. The molecule has 11 heteroatoms. The molecule has 3 aromatic rings. The Morgan fingerprint density at radius 3 is 2.74 bits per heavy atom. The highest BCUT2D eigenvalue weighted by Gasteiger charge is 2.33. The van der Waals surface area contributed by atoms with E-state index in [4.69, 9.17) is 20.5 Å². The number of aryl methyl sites for hydroxylation is 2. The number of nitrogens with zero attached hydrogens (tertiary/aromatic N) is 5. The third-order valence-corrected chi connectivity index (χ3v) is 8.13. The van der Waals surface area contributed by atoms with Crippen molar-refractivity contribution in [1.82, 2.24) is 30.1 Å². The quantitative estimate of drug-likeness (QED) is 0.266. The summed E-state index contributed by atoms with van der Waals surface area (Å²) in [4.78, 5) is 26.2. The molecule has 2 aliphatic rings. The third kappa shape index (κ3) is 4.59. The number of carbonyl (C=O) groups excluding carboxylic acids is 1. The lowest BCUT2D eigenvalue weighted by atomic mass is 9.92. The summed E-state index contributed by atoms with van der Waals surface area (Å²) in [7, 11) is 6.15. The van der Waals surface area contributed by atoms with Gasteiger partial charge in [0.25, 0.3) is 0 Å². The number of thiophene rings is 1. The van der Waals surface area contributed by atoms with Crippen molar-refractivity contribution in [3.63, 3.8) is 0 Å². The van der Waals surface area contributed by atoms with Gasteiger partial charge in [0.2, 0.25) is 17.7 Å². The molecular formula is C23H32N8O2S. The van der Waals surface area contributed by atoms with Crippen LogP contribution in [0, 0.1) is 0 Å². The Labute approximate surface area is 202 Å². The number of hydrogen-bond donors (Lipinski definition) is 3. The molecule has 3 heterocycles. The van der Waals surface area contributed by atoms with Gasteiger partial charge in [-0.25, -0.2) is 10.8 Å². The largest absolute Gasteiger partial charge is 0.474 e. The molecule has 182 valence electrons. The van der Waals surface area contributed by atoms with Gasteiger partial charge in [-0.3, -0.25) is 14.9 Å². The van der Waals surface area contributed by atoms with Crippen LogP contribution < -0.4 is 21.3 Å². The van der Waals surface area contributed by atoms with Gasteiger partial charge in [0.1, 0.15) is 10.9 Å². The van der Waals surface area contributed by atoms with Gasteiger partial charge in [-0.15, -0.1) is 11.3 Å². The van der Waals surface area contributed by atoms with Crippen LogP contribution in [0.25, 0.3) is 10.2 Å². The van der Waals surface area contributed by atoms with E-state index in [9.17, 15) is 4.79 Å². The fourth-order valence-corrected chi connectivity index (χ4v) is 6.45. The van der Waals surface area contributed by atoms with E-state index in [0.717, 1.165) is 60.0 Å². The number of hydrazine groups is 1. The molecule has 2 aliphatic carbocycles. The number of anilines is 2. The second kappa shape index (κ2) is 9.47. The van der Waals surface area contributed by atoms with Crippen LogP contribution in [0.1, 0.15) is 54.9 Å². The van der Waals surface area contributed by atoms with Crippen LogP contribution in [0.3, 0.4) is 0 Å². The summed E-state index contributed by atoms with van der Waals surface area (Å²) in [5.74, 6) is 6.42. The normalized spacial score (nSPS) is 22.2. The minimum absolute atomic E-state index is 0.0971. The Kier molecular flexibility index (Phi) is 6.41. The van der Waals surface area contributed by atoms with Gasteiger partial charge in [0, 0.05) is 30.6 Å². The Morgan fingerprint density at radius 2 is 2.06 bits per heavy atom. The average Bonchev–Trinajstić information content (AvgIpc) is 3.50. The number of nitrogens with two attached hydrogens (primary N) is 1. The Hall–Kier alpha value is -2.76. The second-order valence-electron chi connectivity index (χ2n) is 9.52. The number of nitrogens with one attached hydrogen (secondary N) is 2. The summed E-state index contributed by atoms with van der Waals surface area (Å²) >= 11 is 1.67. The first kappa shape index (κ1) is 23.0. The molecule has 1 fully saturated rings. The van der Waals surface area contributed by atoms with E-state index in [1.54, 1.807) is 22.2 Å². The van der Waals surface area contributed by atoms with Crippen molar-refractivity contribution < 1.29 is 9.53 Å². The second-order valence-corrected chi connectivity index (χ2v) is 10.6. The topological polar surface area (TPSA) is 123 Å². The van der Waals surface area contributed by atoms with E-state index >= 15 is 0 Å². The highest BCUT2D eigenvalue weighted by molar-refractivity contribution is 7.19. The third-order valence-electron chi connectivity index (χ3n) is 6.97. The van der Waals surface area contributed by atoms with Gasteiger partial charge in [0.15, 0.2) is 0 Å². The first-order valence-corrected chi connectivity index (χ1v) is 12.6. The first-order chi connectivity index (χ1) is 16.4. The van der Waals surface area contributed by atoms with Crippen molar-refractivity contribution in [3.8, 4) is 5.88 Å². The summed E-state index contributed by atoms with van der Waals surface area (Å²) in [6, 6.07) is 0.595. The predicted molar refractivity (Wildman–Crippen MR) is 132 cm³/mol. The van der Waals surface area contributed by atoms with Gasteiger partial charge in [-0.2, -0.15) is 10.1 Å². The molecule has 4 N–H and O–H groups in total. The molecule has 0 bridgehead atoms. The van der Waals surface area contributed by atoms with Crippen LogP contribution >= 0.6 is 11.3 Å². The van der Waals surface area contributed by atoms with Crippen LogP contribution in [0.2, 0.25) is 0 Å². The molecule has 1 saturated carbocycles. The molecule has 0 aromatic carbocycles. The van der Waals surface area contributed by atoms with Crippen LogP contribution in [0.15, 0.2) is 12.4 Å². The number of fused-ring (bicyclic) bond motifs is 3. The molecule has 0 radical (unpaired) electrons. The monoisotopic (exact) mass is 484 g/mol. The zero-order valence-electron chi connectivity index (χ0n) is 19.9. The maximum absolute atomic E-state index is 12.1. The highest BCUT2D eigenvalue weighted by Crippen LogP contribution is 2.48. The zero-order chi connectivity index (χ0) is 23.8. The average molecular weight is 485 g/mol. The van der Waals surface area contributed by atoms with Crippen LogP contribution in [0.5, 0.6) is 5.88 Å². The Balaban J connectivity index is 1.49. The van der Waals surface area contributed by atoms with Gasteiger partial charge in [-0.1, -0.05) is 0 Å². The number of hydrogen-bond acceptors (Lipinski definition) is 9. The lowest BCUT2D eigenvalue weighted by Gasteiger charge is -2.32. The molecule has 0 saturated heterocycles. The maximum Gasteiger partial charge on any atom is 0.234 e. The van der Waals surface area contributed by atoms with E-state index in [1.807, 2.05) is 13.2 Å². The molecule has 10 nitrogen and oxygen atoms in total. The Morgan fingerprint density at radius 1 is 1.26 bits per heavy atom. The zero-order valence-corrected chi connectivity index (χ0v) is 20.7. The lowest BCUT2D eigenvalue weighted by molar-refractivity contribution is -0.121. The van der Waals surface area contributed by atoms with E-state index in [0.29, 0.717) is 24.3 Å². The predicted octanol–water partition coefficient (Wildman–Crippen LogP) is 2.83. The molecule has 0 spiro atoms. The Bertz CT molecular complexity index is 1180. The van der Waals surface area contributed by atoms with Crippen molar-refractivity contribution in [2.45, 2.75) is 63.0 Å². The smallest absolute Gasteiger partial charge is 0.234 e. The van der Waals surface area contributed by atoms with Gasteiger partial charge in [-0.05, 0) is 64.1 Å². The maximum atomic E-state index is 12.1. The molecule has 34 heavy (non-hydrogen) atoms. The molecular weight excluding hydrogens is 452 g/mol. The van der Waals surface area contributed by atoms with Gasteiger partial charge >= 0.3 is 0 Å². The van der Waals surface area contributed by atoms with E-state index in [2.05, 4.69) is 34.8 Å². The van der Waals surface area contributed by atoms with Crippen LogP contribution in [-0.4, -0.2) is 56.8 Å². The number of rotatable bonds is 7. The molecule has 1 amide bonds. The minimum atomic E-state index is -0.155. The number of ether oxygens (including phenoxy) is 1. The highest BCUT2D eigenvalue weighted by atomic mass is 32.1. The van der Waals surface area contributed by atoms with E-state index < -0.39 is 0 Å². The summed E-state index contributed by atoms with van der Waals surface area (Å²) in [6.07, 6.45) is 10.1. The minimum Gasteiger partial charge on any atom is -0.474 e. The fraction of sp³-hybridized carbons (Fsp3) is 0.565. The number of aromatic nitrogens is 4. The molecule has 5 rings (SSSR count). The van der Waals surface area contributed by atoms with Crippen molar-refractivity contribution in [1.29, 1.82) is 0 Å². The summed E-state index contributed by atoms with van der Waals surface area (Å²) in [5.41, 5.74) is 4.26. The first-order valence-electron chi connectivity index (χ1n) is 11.8. The van der Waals surface area contributed by atoms with Crippen molar-refractivity contribution >= 4 is 39.1 Å². The SMILES string of the molecule is CN(C)C1CCC(Oc2nc(Nc3cnn(C)c3)nc3sc4c(c23)C(CC(=O)NN)CC4)CC1. The standard InChI is InChI=1S/C23H32N8O2S/c1-30(2)15-5-7-16(8-6-15)33-21-20-19-13(10-18(32)29-24)4-9-17(19)34-22(20)28-23(27-21)26-14-11-25-31(3)12-14/h11-13,15-16H,4-10,24H2,1-3H3,(H,29,32)(H,26,27,28). The van der Waals surface area contributed by atoms with Crippen molar-refractivity contribution in [2.75, 3.05) is 19.4 Å². The summed E-state index contributed by atoms with van der Waals surface area (Å²) < 4.78 is 8.32. The lowest BCUT2D eigenvalue weighted by Crippen LogP contribution is -2.35. The number of carbonyl (C=O) groups is 1. The fourth-order valence-electron chi connectivity index (χ4n) is 5.18. The van der Waals surface area contributed by atoms with Gasteiger partial charge < -0.3 is 15.0 Å².